The van der Waals surface area contributed by atoms with Crippen LogP contribution in [0, 0.1) is 12.7 Å². The first-order valence-electron chi connectivity index (χ1n) is 9.43. The van der Waals surface area contributed by atoms with Gasteiger partial charge >= 0.3 is 0 Å². The number of rotatable bonds is 5. The molecule has 146 valence electrons. The van der Waals surface area contributed by atoms with Crippen molar-refractivity contribution in [1.29, 1.82) is 0 Å². The average Bonchev–Trinajstić information content (AvgIpc) is 3.22. The van der Waals surface area contributed by atoms with Gasteiger partial charge in [-0.15, -0.1) is 11.3 Å². The summed E-state index contributed by atoms with van der Waals surface area (Å²) in [7, 11) is 0. The molecule has 28 heavy (non-hydrogen) atoms. The number of aryl methyl sites for hydroxylation is 3. The Bertz CT molecular complexity index is 1030. The van der Waals surface area contributed by atoms with Crippen LogP contribution in [0.3, 0.4) is 0 Å². The number of amides is 1. The number of hydrogen-bond donors (Lipinski definition) is 1. The van der Waals surface area contributed by atoms with Gasteiger partial charge in [-0.25, -0.2) is 14.4 Å². The van der Waals surface area contributed by atoms with Crippen molar-refractivity contribution in [3.8, 4) is 0 Å². The molecule has 1 aliphatic carbocycles. The second-order valence-electron chi connectivity index (χ2n) is 7.16. The monoisotopic (exact) mass is 415 g/mol. The van der Waals surface area contributed by atoms with Gasteiger partial charge < -0.3 is 5.32 Å². The van der Waals surface area contributed by atoms with Gasteiger partial charge in [0.15, 0.2) is 0 Å². The normalized spacial score (nSPS) is 15.4. The summed E-state index contributed by atoms with van der Waals surface area (Å²) >= 11 is 3.25. The highest BCUT2D eigenvalue weighted by Gasteiger charge is 2.25. The van der Waals surface area contributed by atoms with Crippen LogP contribution in [-0.2, 0) is 17.6 Å². The van der Waals surface area contributed by atoms with E-state index in [4.69, 9.17) is 0 Å². The van der Waals surface area contributed by atoms with E-state index in [0.717, 1.165) is 39.5 Å². The highest BCUT2D eigenvalue weighted by atomic mass is 32.2. The van der Waals surface area contributed by atoms with Crippen LogP contribution in [0.15, 0.2) is 29.3 Å². The highest BCUT2D eigenvalue weighted by molar-refractivity contribution is 8.00. The zero-order valence-corrected chi connectivity index (χ0v) is 17.7. The number of aromatic nitrogens is 2. The Hall–Kier alpha value is -1.99. The van der Waals surface area contributed by atoms with Gasteiger partial charge in [0.25, 0.3) is 0 Å². The molecule has 0 radical (unpaired) electrons. The molecule has 4 nitrogen and oxygen atoms in total. The number of halogens is 1. The molecule has 2 heterocycles. The predicted molar refractivity (Wildman–Crippen MR) is 112 cm³/mol. The molecule has 3 aromatic rings. The van der Waals surface area contributed by atoms with Crippen molar-refractivity contribution in [1.82, 2.24) is 15.3 Å². The Morgan fingerprint density at radius 1 is 1.21 bits per heavy atom. The molecule has 0 saturated carbocycles. The van der Waals surface area contributed by atoms with Crippen LogP contribution in [-0.4, -0.2) is 21.1 Å². The summed E-state index contributed by atoms with van der Waals surface area (Å²) in [6.45, 7) is 5.70. The van der Waals surface area contributed by atoms with Gasteiger partial charge in [-0.3, -0.25) is 4.79 Å². The number of thiophene rings is 1. The third kappa shape index (κ3) is 3.78. The van der Waals surface area contributed by atoms with Crippen molar-refractivity contribution < 1.29 is 9.18 Å². The summed E-state index contributed by atoms with van der Waals surface area (Å²) in [4.78, 5) is 24.5. The molecule has 0 bridgehead atoms. The maximum Gasteiger partial charge on any atom is 0.233 e. The Morgan fingerprint density at radius 3 is 2.71 bits per heavy atom. The zero-order valence-electron chi connectivity index (χ0n) is 16.1. The molecule has 1 aromatic carbocycles. The first-order valence-corrected chi connectivity index (χ1v) is 11.1. The molecular formula is C21H22FN3OS2. The number of nitrogens with zero attached hydrogens (tertiary/aromatic N) is 2. The van der Waals surface area contributed by atoms with Crippen LogP contribution in [0.1, 0.15) is 48.1 Å². The quantitative estimate of drug-likeness (QED) is 0.471. The van der Waals surface area contributed by atoms with E-state index < -0.39 is 0 Å². The van der Waals surface area contributed by atoms with Crippen molar-refractivity contribution in [3.05, 3.63) is 51.9 Å². The first-order chi connectivity index (χ1) is 13.4. The first kappa shape index (κ1) is 19.3. The van der Waals surface area contributed by atoms with Crippen molar-refractivity contribution >= 4 is 39.2 Å². The Kier molecular flexibility index (Phi) is 5.38. The van der Waals surface area contributed by atoms with Crippen LogP contribution in [0.2, 0.25) is 0 Å². The molecule has 0 aliphatic heterocycles. The summed E-state index contributed by atoms with van der Waals surface area (Å²) in [6.07, 6.45) is 3.36. The molecule has 1 amide bonds. The highest BCUT2D eigenvalue weighted by Crippen LogP contribution is 2.41. The van der Waals surface area contributed by atoms with Crippen molar-refractivity contribution in [2.75, 3.05) is 0 Å². The second-order valence-corrected chi connectivity index (χ2v) is 9.57. The van der Waals surface area contributed by atoms with Crippen LogP contribution < -0.4 is 5.32 Å². The Balaban J connectivity index is 1.52. The average molecular weight is 416 g/mol. The molecule has 1 N–H and O–H groups in total. The van der Waals surface area contributed by atoms with E-state index in [0.29, 0.717) is 0 Å². The van der Waals surface area contributed by atoms with Gasteiger partial charge in [-0.1, -0.05) is 23.9 Å². The second kappa shape index (κ2) is 7.79. The lowest BCUT2D eigenvalue weighted by atomic mass is 10.1. The van der Waals surface area contributed by atoms with E-state index in [9.17, 15) is 9.18 Å². The standard InChI is InChI=1S/C21H22FN3OS2/c1-11(14-7-9-15(22)10-8-14)23-19(26)12(2)27-20-18-16-5-4-6-17(16)28-21(18)25-13(3)24-20/h7-12H,4-6H2,1-3H3,(H,23,26)/t11-,12+/m0/s1. The van der Waals surface area contributed by atoms with Gasteiger partial charge in [-0.2, -0.15) is 0 Å². The number of carbonyl (C=O) groups is 1. The van der Waals surface area contributed by atoms with Crippen molar-refractivity contribution in [3.63, 3.8) is 0 Å². The van der Waals surface area contributed by atoms with Crippen LogP contribution >= 0.6 is 23.1 Å². The number of nitrogens with one attached hydrogen (secondary N) is 1. The molecule has 0 unspecified atom stereocenters. The lowest BCUT2D eigenvalue weighted by Crippen LogP contribution is -2.33. The number of hydrogen-bond acceptors (Lipinski definition) is 5. The largest absolute Gasteiger partial charge is 0.349 e. The van der Waals surface area contributed by atoms with Crippen LogP contribution in [0.5, 0.6) is 0 Å². The molecule has 0 saturated heterocycles. The maximum absolute atomic E-state index is 13.1. The molecule has 2 atom stereocenters. The van der Waals surface area contributed by atoms with Crippen LogP contribution in [0.4, 0.5) is 4.39 Å². The van der Waals surface area contributed by atoms with E-state index >= 15 is 0 Å². The van der Waals surface area contributed by atoms with E-state index in [2.05, 4.69) is 15.3 Å². The Morgan fingerprint density at radius 2 is 1.96 bits per heavy atom. The third-order valence-corrected chi connectivity index (χ3v) is 7.30. The minimum atomic E-state index is -0.294. The minimum absolute atomic E-state index is 0.0573. The minimum Gasteiger partial charge on any atom is -0.349 e. The SMILES string of the molecule is Cc1nc(S[C@H](C)C(=O)N[C@@H](C)c2ccc(F)cc2)c2c3c(sc2n1)CCC3. The van der Waals surface area contributed by atoms with Gasteiger partial charge in [0.1, 0.15) is 21.5 Å². The van der Waals surface area contributed by atoms with E-state index in [1.165, 1.54) is 40.8 Å². The Labute approximate surface area is 172 Å². The molecule has 0 fully saturated rings. The smallest absolute Gasteiger partial charge is 0.233 e. The molecule has 4 rings (SSSR count). The van der Waals surface area contributed by atoms with Gasteiger partial charge in [-0.05, 0) is 63.3 Å². The summed E-state index contributed by atoms with van der Waals surface area (Å²) in [5.74, 6) is 0.401. The van der Waals surface area contributed by atoms with Crippen molar-refractivity contribution in [2.45, 2.75) is 56.4 Å². The predicted octanol–water partition coefficient (Wildman–Crippen LogP) is 4.99. The molecule has 1 aliphatic rings. The zero-order chi connectivity index (χ0) is 19.8. The molecular weight excluding hydrogens is 393 g/mol. The summed E-state index contributed by atoms with van der Waals surface area (Å²) < 4.78 is 13.1. The maximum atomic E-state index is 13.1. The van der Waals surface area contributed by atoms with Gasteiger partial charge in [0.2, 0.25) is 5.91 Å². The fraction of sp³-hybridized carbons (Fsp3) is 0.381. The lowest BCUT2D eigenvalue weighted by molar-refractivity contribution is -0.120. The topological polar surface area (TPSA) is 54.9 Å². The van der Waals surface area contributed by atoms with E-state index in [1.807, 2.05) is 20.8 Å². The van der Waals surface area contributed by atoms with E-state index in [1.54, 1.807) is 23.5 Å². The van der Waals surface area contributed by atoms with E-state index in [-0.39, 0.29) is 23.0 Å². The number of thioether (sulfide) groups is 1. The molecule has 0 spiro atoms. The lowest BCUT2D eigenvalue weighted by Gasteiger charge is -2.18. The number of carbonyl (C=O) groups excluding carboxylic acids is 1. The summed E-state index contributed by atoms with van der Waals surface area (Å²) in [5, 5.41) is 4.77. The van der Waals surface area contributed by atoms with Crippen LogP contribution in [0.25, 0.3) is 10.2 Å². The van der Waals surface area contributed by atoms with Gasteiger partial charge in [0.05, 0.1) is 11.3 Å². The summed E-state index contributed by atoms with van der Waals surface area (Å²) in [6, 6.07) is 6.03. The number of benzene rings is 1. The molecule has 2 aromatic heterocycles. The number of fused-ring (bicyclic) bond motifs is 3. The van der Waals surface area contributed by atoms with Gasteiger partial charge in [0, 0.05) is 10.3 Å². The molecule has 7 heteroatoms. The third-order valence-electron chi connectivity index (χ3n) is 5.03. The fourth-order valence-electron chi connectivity index (χ4n) is 3.54. The summed E-state index contributed by atoms with van der Waals surface area (Å²) in [5.41, 5.74) is 2.25. The fourth-order valence-corrected chi connectivity index (χ4v) is 5.94. The van der Waals surface area contributed by atoms with Crippen molar-refractivity contribution in [2.24, 2.45) is 0 Å².